The quantitative estimate of drug-likeness (QED) is 0.774. The summed E-state index contributed by atoms with van der Waals surface area (Å²) in [7, 11) is -2.93. The highest BCUT2D eigenvalue weighted by Crippen LogP contribution is 2.30. The first-order chi connectivity index (χ1) is 9.37. The Bertz CT molecular complexity index is 827. The third-order valence-corrected chi connectivity index (χ3v) is 6.27. The summed E-state index contributed by atoms with van der Waals surface area (Å²) in [4.78, 5) is 3.04. The predicted octanol–water partition coefficient (Wildman–Crippen LogP) is 3.35. The first-order valence-corrected chi connectivity index (χ1v) is 9.19. The summed E-state index contributed by atoms with van der Waals surface area (Å²) in [5.41, 5.74) is 1.43. The number of nitrogens with zero attached hydrogens (tertiary/aromatic N) is 1. The van der Waals surface area contributed by atoms with Crippen molar-refractivity contribution < 1.29 is 12.8 Å². The predicted molar refractivity (Wildman–Crippen MR) is 81.7 cm³/mol. The van der Waals surface area contributed by atoms with E-state index in [1.807, 2.05) is 4.57 Å². The molecular weight excluding hydrogens is 367 g/mol. The lowest BCUT2D eigenvalue weighted by atomic mass is 10.1. The smallest absolute Gasteiger partial charge is 0.178 e. The van der Waals surface area contributed by atoms with Gasteiger partial charge < -0.3 is 9.55 Å². The van der Waals surface area contributed by atoms with Gasteiger partial charge in [-0.3, -0.25) is 0 Å². The lowest BCUT2D eigenvalue weighted by Crippen LogP contribution is -2.25. The van der Waals surface area contributed by atoms with Gasteiger partial charge in [0.25, 0.3) is 0 Å². The number of benzene rings is 1. The molecule has 4 nitrogen and oxygen atoms in total. The van der Waals surface area contributed by atoms with Gasteiger partial charge in [0.05, 0.1) is 27.0 Å². The van der Waals surface area contributed by atoms with Gasteiger partial charge in [-0.1, -0.05) is 0 Å². The first-order valence-electron chi connectivity index (χ1n) is 6.17. The summed E-state index contributed by atoms with van der Waals surface area (Å²) in [6, 6.07) is 3.08. The summed E-state index contributed by atoms with van der Waals surface area (Å²) in [5, 5.41) is 0. The minimum absolute atomic E-state index is 0.000325. The number of nitrogens with one attached hydrogen (secondary N) is 1. The van der Waals surface area contributed by atoms with Crippen molar-refractivity contribution in [3.05, 3.63) is 27.2 Å². The Morgan fingerprint density at radius 1 is 1.35 bits per heavy atom. The van der Waals surface area contributed by atoms with E-state index < -0.39 is 9.84 Å². The Morgan fingerprint density at radius 2 is 2.00 bits per heavy atom. The Morgan fingerprint density at radius 3 is 2.65 bits per heavy atom. The van der Waals surface area contributed by atoms with Crippen molar-refractivity contribution in [1.82, 2.24) is 9.55 Å². The fourth-order valence-corrected chi connectivity index (χ4v) is 4.79. The molecule has 1 fully saturated rings. The normalized spacial score (nSPS) is 19.5. The number of hydrogen-bond donors (Lipinski definition) is 1. The van der Waals surface area contributed by atoms with Gasteiger partial charge in [0, 0.05) is 12.1 Å². The van der Waals surface area contributed by atoms with Gasteiger partial charge in [-0.2, -0.15) is 0 Å². The van der Waals surface area contributed by atoms with Crippen LogP contribution in [0.1, 0.15) is 18.9 Å². The lowest BCUT2D eigenvalue weighted by molar-refractivity contribution is 0.455. The molecular formula is C12H12BrFN2O2S2. The number of imidazole rings is 1. The summed E-state index contributed by atoms with van der Waals surface area (Å²) < 4.78 is 39.5. The second-order valence-corrected chi connectivity index (χ2v) is 8.51. The van der Waals surface area contributed by atoms with E-state index in [-0.39, 0.29) is 23.4 Å². The molecule has 20 heavy (non-hydrogen) atoms. The Balaban J connectivity index is 2.10. The zero-order valence-corrected chi connectivity index (χ0v) is 13.6. The SMILES string of the molecule is O=S1(=O)CCC(n2c(=S)[nH]c3cc(Br)c(F)cc32)CC1. The van der Waals surface area contributed by atoms with Gasteiger partial charge in [-0.25, -0.2) is 12.8 Å². The fraction of sp³-hybridized carbons (Fsp3) is 0.417. The van der Waals surface area contributed by atoms with E-state index >= 15 is 0 Å². The minimum atomic E-state index is -2.93. The largest absolute Gasteiger partial charge is 0.331 e. The van der Waals surface area contributed by atoms with Crippen molar-refractivity contribution in [2.24, 2.45) is 0 Å². The summed E-state index contributed by atoms with van der Waals surface area (Å²) in [6.07, 6.45) is 1.03. The van der Waals surface area contributed by atoms with Crippen LogP contribution in [0.5, 0.6) is 0 Å². The van der Waals surface area contributed by atoms with E-state index in [0.29, 0.717) is 27.6 Å². The van der Waals surface area contributed by atoms with Crippen LogP contribution in [-0.4, -0.2) is 29.5 Å². The van der Waals surface area contributed by atoms with Gasteiger partial charge in [0.1, 0.15) is 15.7 Å². The van der Waals surface area contributed by atoms with Crippen LogP contribution in [0.15, 0.2) is 16.6 Å². The highest BCUT2D eigenvalue weighted by atomic mass is 79.9. The van der Waals surface area contributed by atoms with Crippen LogP contribution in [-0.2, 0) is 9.84 Å². The summed E-state index contributed by atoms with van der Waals surface area (Å²) >= 11 is 8.44. The Hall–Kier alpha value is -0.730. The van der Waals surface area contributed by atoms with E-state index in [4.69, 9.17) is 12.2 Å². The Kier molecular flexibility index (Phi) is 3.50. The molecule has 1 aliphatic rings. The van der Waals surface area contributed by atoms with Crippen LogP contribution in [0, 0.1) is 10.6 Å². The molecule has 1 aliphatic heterocycles. The molecule has 108 valence electrons. The Labute approximate surface area is 129 Å². The van der Waals surface area contributed by atoms with Crippen molar-refractivity contribution >= 4 is 49.0 Å². The number of H-pyrrole nitrogens is 1. The zero-order valence-electron chi connectivity index (χ0n) is 10.4. The highest BCUT2D eigenvalue weighted by molar-refractivity contribution is 9.10. The van der Waals surface area contributed by atoms with E-state index in [9.17, 15) is 12.8 Å². The van der Waals surface area contributed by atoms with Crippen LogP contribution in [0.25, 0.3) is 11.0 Å². The van der Waals surface area contributed by atoms with Crippen molar-refractivity contribution in [3.63, 3.8) is 0 Å². The standard InChI is InChI=1S/C12H12BrFN2O2S2/c13-8-5-10-11(6-9(8)14)16(12(19)15-10)7-1-3-20(17,18)4-2-7/h5-7H,1-4H2,(H,15,19). The maximum atomic E-state index is 13.7. The fourth-order valence-electron chi connectivity index (χ4n) is 2.62. The van der Waals surface area contributed by atoms with Gasteiger partial charge in [-0.15, -0.1) is 0 Å². The first kappa shape index (κ1) is 14.2. The van der Waals surface area contributed by atoms with E-state index in [1.165, 1.54) is 6.07 Å². The second-order valence-electron chi connectivity index (χ2n) is 4.97. The van der Waals surface area contributed by atoms with Crippen molar-refractivity contribution in [2.75, 3.05) is 11.5 Å². The van der Waals surface area contributed by atoms with Gasteiger partial charge in [0.2, 0.25) is 0 Å². The number of aromatic amines is 1. The number of sulfone groups is 1. The maximum absolute atomic E-state index is 13.7. The molecule has 8 heteroatoms. The number of hydrogen-bond acceptors (Lipinski definition) is 3. The van der Waals surface area contributed by atoms with Crippen LogP contribution in [0.2, 0.25) is 0 Å². The van der Waals surface area contributed by atoms with Gasteiger partial charge in [0.15, 0.2) is 4.77 Å². The lowest BCUT2D eigenvalue weighted by Gasteiger charge is -2.23. The summed E-state index contributed by atoms with van der Waals surface area (Å²) in [6.45, 7) is 0. The second kappa shape index (κ2) is 4.92. The minimum Gasteiger partial charge on any atom is -0.331 e. The van der Waals surface area contributed by atoms with E-state index in [2.05, 4.69) is 20.9 Å². The molecule has 3 rings (SSSR count). The molecule has 0 spiro atoms. The average molecular weight is 379 g/mol. The molecule has 1 saturated heterocycles. The van der Waals surface area contributed by atoms with Crippen LogP contribution < -0.4 is 0 Å². The van der Waals surface area contributed by atoms with Crippen molar-refractivity contribution in [2.45, 2.75) is 18.9 Å². The average Bonchev–Trinajstić information content (AvgIpc) is 2.66. The monoisotopic (exact) mass is 378 g/mol. The van der Waals surface area contributed by atoms with Gasteiger partial charge in [-0.05, 0) is 47.1 Å². The molecule has 0 aliphatic carbocycles. The number of halogens is 2. The molecule has 2 aromatic rings. The van der Waals surface area contributed by atoms with Crippen LogP contribution in [0.3, 0.4) is 0 Å². The molecule has 0 atom stereocenters. The maximum Gasteiger partial charge on any atom is 0.178 e. The topological polar surface area (TPSA) is 54.9 Å². The van der Waals surface area contributed by atoms with Crippen molar-refractivity contribution in [3.8, 4) is 0 Å². The molecule has 2 heterocycles. The molecule has 0 unspecified atom stereocenters. The third kappa shape index (κ3) is 2.44. The van der Waals surface area contributed by atoms with Gasteiger partial charge >= 0.3 is 0 Å². The van der Waals surface area contributed by atoms with E-state index in [1.54, 1.807) is 6.07 Å². The molecule has 0 saturated carbocycles. The highest BCUT2D eigenvalue weighted by Gasteiger charge is 2.26. The number of aromatic nitrogens is 2. The molecule has 1 aromatic heterocycles. The molecule has 0 radical (unpaired) electrons. The third-order valence-electron chi connectivity index (χ3n) is 3.65. The number of fused-ring (bicyclic) bond motifs is 1. The number of rotatable bonds is 1. The molecule has 1 aromatic carbocycles. The van der Waals surface area contributed by atoms with Crippen molar-refractivity contribution in [1.29, 1.82) is 0 Å². The molecule has 1 N–H and O–H groups in total. The zero-order chi connectivity index (χ0) is 14.5. The summed E-state index contributed by atoms with van der Waals surface area (Å²) in [5.74, 6) is -0.0420. The van der Waals surface area contributed by atoms with E-state index in [0.717, 1.165) is 5.52 Å². The molecule has 0 bridgehead atoms. The van der Waals surface area contributed by atoms with Crippen LogP contribution >= 0.6 is 28.1 Å². The molecule has 0 amide bonds. The van der Waals surface area contributed by atoms with Crippen LogP contribution in [0.4, 0.5) is 4.39 Å².